The molecule has 0 bridgehead atoms. The molecule has 1 fully saturated rings. The number of nitrogens with two attached hydrogens (primary N) is 1. The summed E-state index contributed by atoms with van der Waals surface area (Å²) in [5, 5.41) is 0.978. The topological polar surface area (TPSA) is 59.5 Å². The Bertz CT molecular complexity index is 576. The first-order valence-electron chi connectivity index (χ1n) is 7.26. The first-order valence-corrected chi connectivity index (χ1v) is 7.26. The fraction of sp³-hybridized carbons (Fsp3) is 0.438. The molecule has 2 heterocycles. The number of furan rings is 1. The van der Waals surface area contributed by atoms with Gasteiger partial charge in [0.25, 0.3) is 5.91 Å². The van der Waals surface area contributed by atoms with Gasteiger partial charge in [-0.15, -0.1) is 12.4 Å². The van der Waals surface area contributed by atoms with Crippen molar-refractivity contribution in [1.29, 1.82) is 0 Å². The van der Waals surface area contributed by atoms with Gasteiger partial charge < -0.3 is 15.1 Å². The molecular formula is C16H21ClN2O2. The van der Waals surface area contributed by atoms with Crippen molar-refractivity contribution in [1.82, 2.24) is 4.90 Å². The molecule has 2 aromatic rings. The van der Waals surface area contributed by atoms with Crippen LogP contribution in [0.5, 0.6) is 0 Å². The second-order valence-corrected chi connectivity index (χ2v) is 5.49. The van der Waals surface area contributed by atoms with Crippen LogP contribution >= 0.6 is 12.4 Å². The maximum Gasteiger partial charge on any atom is 0.289 e. The molecule has 0 aliphatic carbocycles. The Labute approximate surface area is 130 Å². The van der Waals surface area contributed by atoms with E-state index in [4.69, 9.17) is 10.2 Å². The number of hydrogen-bond donors (Lipinski definition) is 1. The third-order valence-corrected chi connectivity index (χ3v) is 4.02. The number of rotatable bonds is 3. The zero-order valence-electron chi connectivity index (χ0n) is 12.0. The Hall–Kier alpha value is -1.52. The van der Waals surface area contributed by atoms with Gasteiger partial charge in [0.2, 0.25) is 0 Å². The van der Waals surface area contributed by atoms with Crippen molar-refractivity contribution in [3.8, 4) is 0 Å². The highest BCUT2D eigenvalue weighted by atomic mass is 35.5. The van der Waals surface area contributed by atoms with Crippen LogP contribution < -0.4 is 5.73 Å². The summed E-state index contributed by atoms with van der Waals surface area (Å²) in [6, 6.07) is 9.55. The smallest absolute Gasteiger partial charge is 0.289 e. The van der Waals surface area contributed by atoms with Crippen LogP contribution in [0.15, 0.2) is 34.7 Å². The molecule has 2 N–H and O–H groups in total. The van der Waals surface area contributed by atoms with E-state index in [-0.39, 0.29) is 18.3 Å². The second-order valence-electron chi connectivity index (χ2n) is 5.49. The van der Waals surface area contributed by atoms with Gasteiger partial charge in [-0.05, 0) is 43.9 Å². The summed E-state index contributed by atoms with van der Waals surface area (Å²) in [5.41, 5.74) is 6.39. The van der Waals surface area contributed by atoms with Gasteiger partial charge in [-0.25, -0.2) is 0 Å². The first-order chi connectivity index (χ1) is 9.78. The molecule has 1 aromatic heterocycles. The van der Waals surface area contributed by atoms with Crippen molar-refractivity contribution >= 4 is 29.3 Å². The lowest BCUT2D eigenvalue weighted by Gasteiger charge is -2.32. The number of piperidine rings is 1. The normalized spacial score (nSPS) is 18.5. The van der Waals surface area contributed by atoms with Gasteiger partial charge in [0, 0.05) is 18.5 Å². The number of halogens is 1. The Morgan fingerprint density at radius 2 is 2.19 bits per heavy atom. The van der Waals surface area contributed by atoms with Crippen LogP contribution in [-0.4, -0.2) is 30.4 Å². The maximum absolute atomic E-state index is 12.5. The van der Waals surface area contributed by atoms with Crippen molar-refractivity contribution in [2.24, 2.45) is 11.7 Å². The number of carbonyl (C=O) groups excluding carboxylic acids is 1. The summed E-state index contributed by atoms with van der Waals surface area (Å²) < 4.78 is 5.66. The summed E-state index contributed by atoms with van der Waals surface area (Å²) in [6.07, 6.45) is 3.21. The molecule has 4 nitrogen and oxygen atoms in total. The first kappa shape index (κ1) is 15.9. The molecule has 5 heteroatoms. The number of hydrogen-bond acceptors (Lipinski definition) is 3. The number of fused-ring (bicyclic) bond motifs is 1. The molecule has 1 aromatic carbocycles. The van der Waals surface area contributed by atoms with E-state index in [0.717, 1.165) is 36.9 Å². The summed E-state index contributed by atoms with van der Waals surface area (Å²) in [7, 11) is 0. The van der Waals surface area contributed by atoms with E-state index >= 15 is 0 Å². The third-order valence-electron chi connectivity index (χ3n) is 4.02. The summed E-state index contributed by atoms with van der Waals surface area (Å²) in [6.45, 7) is 2.31. The highest BCUT2D eigenvalue weighted by Crippen LogP contribution is 2.24. The minimum atomic E-state index is 0. The van der Waals surface area contributed by atoms with Crippen molar-refractivity contribution < 1.29 is 9.21 Å². The van der Waals surface area contributed by atoms with Gasteiger partial charge in [0.15, 0.2) is 5.76 Å². The number of likely N-dealkylation sites (tertiary alicyclic amines) is 1. The van der Waals surface area contributed by atoms with Crippen LogP contribution in [0.2, 0.25) is 0 Å². The van der Waals surface area contributed by atoms with Gasteiger partial charge >= 0.3 is 0 Å². The molecule has 1 aliphatic heterocycles. The van der Waals surface area contributed by atoms with Gasteiger partial charge in [-0.3, -0.25) is 4.79 Å². The number of benzene rings is 1. The fourth-order valence-electron chi connectivity index (χ4n) is 2.96. The zero-order valence-corrected chi connectivity index (χ0v) is 12.8. The van der Waals surface area contributed by atoms with E-state index in [1.165, 1.54) is 6.42 Å². The lowest BCUT2D eigenvalue weighted by Crippen LogP contribution is -2.40. The molecule has 1 amide bonds. The molecule has 0 spiro atoms. The van der Waals surface area contributed by atoms with Crippen LogP contribution in [0.4, 0.5) is 0 Å². The molecule has 3 rings (SSSR count). The van der Waals surface area contributed by atoms with Gasteiger partial charge in [0.05, 0.1) is 0 Å². The minimum Gasteiger partial charge on any atom is -0.451 e. The highest BCUT2D eigenvalue weighted by Gasteiger charge is 2.26. The summed E-state index contributed by atoms with van der Waals surface area (Å²) in [4.78, 5) is 14.4. The van der Waals surface area contributed by atoms with Gasteiger partial charge in [-0.2, -0.15) is 0 Å². The SMILES string of the molecule is Cl.NCCC1CCCN(C(=O)c2cc3ccccc3o2)C1. The van der Waals surface area contributed by atoms with Crippen molar-refractivity contribution in [2.45, 2.75) is 19.3 Å². The van der Waals surface area contributed by atoms with Crippen LogP contribution in [0.3, 0.4) is 0 Å². The maximum atomic E-state index is 12.5. The molecule has 1 unspecified atom stereocenters. The molecule has 1 aliphatic rings. The molecule has 114 valence electrons. The van der Waals surface area contributed by atoms with Crippen LogP contribution in [-0.2, 0) is 0 Å². The molecule has 1 saturated heterocycles. The van der Waals surface area contributed by atoms with Gasteiger partial charge in [0.1, 0.15) is 5.58 Å². The average Bonchev–Trinajstić information content (AvgIpc) is 2.91. The molecular weight excluding hydrogens is 288 g/mol. The average molecular weight is 309 g/mol. The predicted octanol–water partition coefficient (Wildman–Crippen LogP) is 3.06. The number of para-hydroxylation sites is 1. The molecule has 1 atom stereocenters. The Kier molecular flexibility index (Phi) is 5.26. The summed E-state index contributed by atoms with van der Waals surface area (Å²) >= 11 is 0. The lowest BCUT2D eigenvalue weighted by molar-refractivity contribution is 0.0640. The zero-order chi connectivity index (χ0) is 13.9. The van der Waals surface area contributed by atoms with E-state index < -0.39 is 0 Å². The third kappa shape index (κ3) is 3.39. The summed E-state index contributed by atoms with van der Waals surface area (Å²) in [5.74, 6) is 0.976. The lowest BCUT2D eigenvalue weighted by atomic mass is 9.95. The van der Waals surface area contributed by atoms with Crippen molar-refractivity contribution in [3.05, 3.63) is 36.1 Å². The fourth-order valence-corrected chi connectivity index (χ4v) is 2.96. The van der Waals surface area contributed by atoms with E-state index in [1.54, 1.807) is 0 Å². The van der Waals surface area contributed by atoms with Crippen LogP contribution in [0.1, 0.15) is 29.8 Å². The van der Waals surface area contributed by atoms with E-state index in [9.17, 15) is 4.79 Å². The highest BCUT2D eigenvalue weighted by molar-refractivity contribution is 5.96. The number of nitrogens with zero attached hydrogens (tertiary/aromatic N) is 1. The van der Waals surface area contributed by atoms with Crippen LogP contribution in [0.25, 0.3) is 11.0 Å². The predicted molar refractivity (Wildman–Crippen MR) is 85.8 cm³/mol. The quantitative estimate of drug-likeness (QED) is 0.948. The minimum absolute atomic E-state index is 0. The monoisotopic (exact) mass is 308 g/mol. The van der Waals surface area contributed by atoms with Crippen molar-refractivity contribution in [2.75, 3.05) is 19.6 Å². The number of amides is 1. The standard InChI is InChI=1S/C16H20N2O2.ClH/c17-8-7-12-4-3-9-18(11-12)16(19)15-10-13-5-1-2-6-14(13)20-15;/h1-2,5-6,10,12H,3-4,7-9,11,17H2;1H. The number of carbonyl (C=O) groups is 1. The van der Waals surface area contributed by atoms with Gasteiger partial charge in [-0.1, -0.05) is 18.2 Å². The van der Waals surface area contributed by atoms with Crippen molar-refractivity contribution in [3.63, 3.8) is 0 Å². The molecule has 21 heavy (non-hydrogen) atoms. The van der Waals surface area contributed by atoms with E-state index in [1.807, 2.05) is 35.2 Å². The molecule has 0 radical (unpaired) electrons. The van der Waals surface area contributed by atoms with E-state index in [0.29, 0.717) is 18.2 Å². The molecule has 0 saturated carbocycles. The second kappa shape index (κ2) is 6.96. The largest absolute Gasteiger partial charge is 0.451 e. The Morgan fingerprint density at radius 3 is 2.95 bits per heavy atom. The Morgan fingerprint density at radius 1 is 1.38 bits per heavy atom. The van der Waals surface area contributed by atoms with Crippen LogP contribution in [0, 0.1) is 5.92 Å². The van der Waals surface area contributed by atoms with E-state index in [2.05, 4.69) is 0 Å². The Balaban J connectivity index is 0.00000161.